The Morgan fingerprint density at radius 1 is 1.29 bits per heavy atom. The lowest BCUT2D eigenvalue weighted by Gasteiger charge is -2.02. The number of sulfone groups is 1. The van der Waals surface area contributed by atoms with Gasteiger partial charge in [-0.05, 0) is 12.5 Å². The molecule has 0 spiro atoms. The highest BCUT2D eigenvalue weighted by Crippen LogP contribution is 2.32. The van der Waals surface area contributed by atoms with Gasteiger partial charge < -0.3 is 0 Å². The third-order valence-electron chi connectivity index (χ3n) is 2.50. The molecule has 0 radical (unpaired) electrons. The van der Waals surface area contributed by atoms with Gasteiger partial charge in [0.15, 0.2) is 15.6 Å². The predicted molar refractivity (Wildman–Crippen MR) is 52.0 cm³/mol. The van der Waals surface area contributed by atoms with Gasteiger partial charge in [0.1, 0.15) is 5.25 Å². The van der Waals surface area contributed by atoms with E-state index in [1.165, 1.54) is 6.07 Å². The molecule has 1 aromatic rings. The van der Waals surface area contributed by atoms with Crippen molar-refractivity contribution < 1.29 is 13.2 Å². The van der Waals surface area contributed by atoms with Gasteiger partial charge in [-0.3, -0.25) is 4.79 Å². The summed E-state index contributed by atoms with van der Waals surface area (Å²) in [5.74, 6) is -0.261. The molecule has 0 aliphatic carbocycles. The third-order valence-corrected chi connectivity index (χ3v) is 4.76. The van der Waals surface area contributed by atoms with Gasteiger partial charge in [0.05, 0.1) is 4.90 Å². The molecular weight excluding hydrogens is 200 g/mol. The van der Waals surface area contributed by atoms with Gasteiger partial charge in [-0.1, -0.05) is 25.1 Å². The van der Waals surface area contributed by atoms with Crippen LogP contribution in [0, 0.1) is 0 Å². The molecule has 3 nitrogen and oxygen atoms in total. The number of hydrogen-bond donors (Lipinski definition) is 0. The van der Waals surface area contributed by atoms with E-state index in [0.717, 1.165) is 0 Å². The van der Waals surface area contributed by atoms with Crippen molar-refractivity contribution in [2.45, 2.75) is 23.5 Å². The monoisotopic (exact) mass is 210 g/mol. The summed E-state index contributed by atoms with van der Waals surface area (Å²) in [4.78, 5) is 11.9. The Morgan fingerprint density at radius 2 is 1.93 bits per heavy atom. The van der Waals surface area contributed by atoms with Crippen LogP contribution in [0.15, 0.2) is 29.2 Å². The van der Waals surface area contributed by atoms with Crippen LogP contribution in [-0.4, -0.2) is 19.5 Å². The average molecular weight is 210 g/mol. The van der Waals surface area contributed by atoms with E-state index < -0.39 is 15.1 Å². The van der Waals surface area contributed by atoms with Crippen LogP contribution in [-0.2, 0) is 9.84 Å². The molecule has 1 heterocycles. The lowest BCUT2D eigenvalue weighted by Crippen LogP contribution is -2.21. The standard InChI is InChI=1S/C10H10O3S/c1-2-8-10(11)7-5-3-4-6-9(7)14(8,12)13/h3-6,8H,2H2,1H3/t8-/m0/s1. The van der Waals surface area contributed by atoms with Crippen molar-refractivity contribution in [3.63, 3.8) is 0 Å². The molecule has 0 saturated heterocycles. The summed E-state index contributed by atoms with van der Waals surface area (Å²) < 4.78 is 23.6. The van der Waals surface area contributed by atoms with Gasteiger partial charge in [0.25, 0.3) is 0 Å². The van der Waals surface area contributed by atoms with E-state index in [4.69, 9.17) is 0 Å². The predicted octanol–water partition coefficient (Wildman–Crippen LogP) is 1.44. The fraction of sp³-hybridized carbons (Fsp3) is 0.300. The second kappa shape index (κ2) is 2.92. The van der Waals surface area contributed by atoms with Crippen molar-refractivity contribution in [1.29, 1.82) is 0 Å². The fourth-order valence-corrected chi connectivity index (χ4v) is 3.69. The summed E-state index contributed by atoms with van der Waals surface area (Å²) in [6.07, 6.45) is 0.343. The molecule has 0 bridgehead atoms. The van der Waals surface area contributed by atoms with E-state index in [2.05, 4.69) is 0 Å². The van der Waals surface area contributed by atoms with Crippen LogP contribution in [0.25, 0.3) is 0 Å². The molecule has 0 aromatic heterocycles. The number of hydrogen-bond acceptors (Lipinski definition) is 3. The molecule has 1 atom stereocenters. The largest absolute Gasteiger partial charge is 0.293 e. The Balaban J connectivity index is 2.74. The second-order valence-corrected chi connectivity index (χ2v) is 5.40. The number of fused-ring (bicyclic) bond motifs is 1. The maximum Gasteiger partial charge on any atom is 0.189 e. The van der Waals surface area contributed by atoms with Crippen molar-refractivity contribution in [3.8, 4) is 0 Å². The van der Waals surface area contributed by atoms with Crippen LogP contribution >= 0.6 is 0 Å². The Kier molecular flexibility index (Phi) is 1.96. The molecule has 1 aromatic carbocycles. The van der Waals surface area contributed by atoms with Gasteiger partial charge in [-0.15, -0.1) is 0 Å². The van der Waals surface area contributed by atoms with E-state index in [1.54, 1.807) is 25.1 Å². The molecule has 2 rings (SSSR count). The van der Waals surface area contributed by atoms with Crippen molar-refractivity contribution in [2.24, 2.45) is 0 Å². The SMILES string of the molecule is CC[C@H]1C(=O)c2ccccc2S1(=O)=O. The summed E-state index contributed by atoms with van der Waals surface area (Å²) >= 11 is 0. The number of rotatable bonds is 1. The number of ketones is 1. The summed E-state index contributed by atoms with van der Waals surface area (Å²) in [7, 11) is -3.40. The molecule has 4 heteroatoms. The quantitative estimate of drug-likeness (QED) is 0.704. The first-order valence-electron chi connectivity index (χ1n) is 4.46. The average Bonchev–Trinajstić information content (AvgIpc) is 2.36. The number of carbonyl (C=O) groups excluding carboxylic acids is 1. The zero-order valence-corrected chi connectivity index (χ0v) is 8.54. The minimum absolute atomic E-state index is 0.192. The number of carbonyl (C=O) groups is 1. The molecule has 74 valence electrons. The molecule has 0 saturated carbocycles. The van der Waals surface area contributed by atoms with Gasteiger partial charge in [-0.2, -0.15) is 0 Å². The van der Waals surface area contributed by atoms with E-state index in [1.807, 2.05) is 0 Å². The summed E-state index contributed by atoms with van der Waals surface area (Å²) in [6, 6.07) is 6.40. The Bertz CT molecular complexity index is 488. The molecule has 0 unspecified atom stereocenters. The van der Waals surface area contributed by atoms with Gasteiger partial charge in [0.2, 0.25) is 0 Å². The van der Waals surface area contributed by atoms with Crippen molar-refractivity contribution in [2.75, 3.05) is 0 Å². The second-order valence-electron chi connectivity index (χ2n) is 3.30. The minimum atomic E-state index is -3.40. The van der Waals surface area contributed by atoms with Gasteiger partial charge in [0, 0.05) is 5.56 Å². The van der Waals surface area contributed by atoms with Crippen LogP contribution in [0.2, 0.25) is 0 Å². The Labute approximate surface area is 82.7 Å². The maximum atomic E-state index is 11.8. The van der Waals surface area contributed by atoms with Crippen LogP contribution in [0.5, 0.6) is 0 Å². The maximum absolute atomic E-state index is 11.8. The topological polar surface area (TPSA) is 51.2 Å². The zero-order valence-electron chi connectivity index (χ0n) is 7.73. The lowest BCUT2D eigenvalue weighted by atomic mass is 10.1. The molecule has 0 amide bonds. The molecule has 0 N–H and O–H groups in total. The highest BCUT2D eigenvalue weighted by atomic mass is 32.2. The summed E-state index contributed by atoms with van der Waals surface area (Å²) in [5.41, 5.74) is 0.347. The summed E-state index contributed by atoms with van der Waals surface area (Å²) in [6.45, 7) is 1.71. The van der Waals surface area contributed by atoms with Crippen LogP contribution in [0.4, 0.5) is 0 Å². The van der Waals surface area contributed by atoms with Crippen LogP contribution in [0.1, 0.15) is 23.7 Å². The third kappa shape index (κ3) is 1.04. The van der Waals surface area contributed by atoms with Gasteiger partial charge >= 0.3 is 0 Å². The smallest absolute Gasteiger partial charge is 0.189 e. The zero-order chi connectivity index (χ0) is 10.3. The van der Waals surface area contributed by atoms with Crippen LogP contribution in [0.3, 0.4) is 0 Å². The Hall–Kier alpha value is -1.16. The van der Waals surface area contributed by atoms with E-state index in [-0.39, 0.29) is 10.7 Å². The number of benzene rings is 1. The van der Waals surface area contributed by atoms with E-state index >= 15 is 0 Å². The summed E-state index contributed by atoms with van der Waals surface area (Å²) in [5, 5.41) is -0.861. The molecule has 14 heavy (non-hydrogen) atoms. The number of Topliss-reactive ketones (excluding diaryl/α,β-unsaturated/α-hetero) is 1. The first kappa shape index (κ1) is 9.40. The van der Waals surface area contributed by atoms with Crippen LogP contribution < -0.4 is 0 Å². The van der Waals surface area contributed by atoms with Crippen molar-refractivity contribution in [3.05, 3.63) is 29.8 Å². The highest BCUT2D eigenvalue weighted by molar-refractivity contribution is 7.93. The molecular formula is C10H10O3S. The Morgan fingerprint density at radius 3 is 2.50 bits per heavy atom. The normalized spacial score (nSPS) is 23.5. The fourth-order valence-electron chi connectivity index (χ4n) is 1.79. The molecule has 0 fully saturated rings. The molecule has 1 aliphatic rings. The van der Waals surface area contributed by atoms with Gasteiger partial charge in [-0.25, -0.2) is 8.42 Å². The van der Waals surface area contributed by atoms with E-state index in [9.17, 15) is 13.2 Å². The lowest BCUT2D eigenvalue weighted by molar-refractivity contribution is 0.0989. The van der Waals surface area contributed by atoms with E-state index in [0.29, 0.717) is 12.0 Å². The first-order chi connectivity index (χ1) is 6.59. The first-order valence-corrected chi connectivity index (χ1v) is 6.00. The minimum Gasteiger partial charge on any atom is -0.293 e. The molecule has 1 aliphatic heterocycles. The van der Waals surface area contributed by atoms with Crippen molar-refractivity contribution >= 4 is 15.6 Å². The highest BCUT2D eigenvalue weighted by Gasteiger charge is 2.42. The van der Waals surface area contributed by atoms with Crippen molar-refractivity contribution in [1.82, 2.24) is 0 Å².